The third-order valence-corrected chi connectivity index (χ3v) is 11.8. The Morgan fingerprint density at radius 1 is 0.321 bits per heavy atom. The Labute approximate surface area is 320 Å². The van der Waals surface area contributed by atoms with Gasteiger partial charge in [0, 0.05) is 54.4 Å². The molecule has 0 radical (unpaired) electrons. The maximum absolute atomic E-state index is 5.19. The van der Waals surface area contributed by atoms with Gasteiger partial charge < -0.3 is 8.97 Å². The van der Waals surface area contributed by atoms with Crippen LogP contribution in [0.3, 0.4) is 0 Å². The van der Waals surface area contributed by atoms with Crippen LogP contribution in [0.4, 0.5) is 0 Å². The SMILES string of the molecule is c1ccc(-c2nc(-c3ccccc3)nc(-c3ccccc3-n3c4ccc5cccc6c5c4c4c5c(ccc7c8ccc9ccccc9c8n6c75)ccc43)n2)cc1. The summed E-state index contributed by atoms with van der Waals surface area (Å²) in [6.45, 7) is 0. The number of aromatic nitrogens is 5. The fourth-order valence-corrected chi connectivity index (χ4v) is 9.49. The van der Waals surface area contributed by atoms with Crippen molar-refractivity contribution >= 4 is 81.4 Å². The molecule has 13 aromatic rings. The average Bonchev–Trinajstić information content (AvgIpc) is 3.75. The molecule has 9 aromatic carbocycles. The van der Waals surface area contributed by atoms with Crippen molar-refractivity contribution in [2.75, 3.05) is 0 Å². The molecule has 0 spiro atoms. The van der Waals surface area contributed by atoms with Gasteiger partial charge in [0.15, 0.2) is 17.5 Å². The molecule has 258 valence electrons. The van der Waals surface area contributed by atoms with Crippen molar-refractivity contribution in [1.29, 1.82) is 0 Å². The van der Waals surface area contributed by atoms with Gasteiger partial charge in [0.25, 0.3) is 0 Å². The van der Waals surface area contributed by atoms with E-state index in [1.165, 1.54) is 70.4 Å². The van der Waals surface area contributed by atoms with Crippen LogP contribution in [0.15, 0.2) is 176 Å². The number of hydrogen-bond acceptors (Lipinski definition) is 3. The lowest BCUT2D eigenvalue weighted by molar-refractivity contribution is 1.06. The maximum atomic E-state index is 5.19. The second kappa shape index (κ2) is 11.0. The predicted molar refractivity (Wildman–Crippen MR) is 231 cm³/mol. The van der Waals surface area contributed by atoms with E-state index >= 15 is 0 Å². The summed E-state index contributed by atoms with van der Waals surface area (Å²) in [5.41, 5.74) is 9.88. The largest absolute Gasteiger partial charge is 0.308 e. The Bertz CT molecular complexity index is 3630. The van der Waals surface area contributed by atoms with Crippen LogP contribution in [0.2, 0.25) is 0 Å². The van der Waals surface area contributed by atoms with Gasteiger partial charge in [-0.1, -0.05) is 146 Å². The van der Waals surface area contributed by atoms with Gasteiger partial charge >= 0.3 is 0 Å². The zero-order chi connectivity index (χ0) is 36.5. The van der Waals surface area contributed by atoms with Crippen LogP contribution in [0, 0.1) is 0 Å². The Kier molecular flexibility index (Phi) is 5.83. The second-order valence-corrected chi connectivity index (χ2v) is 14.8. The summed E-state index contributed by atoms with van der Waals surface area (Å²) in [4.78, 5) is 15.4. The third kappa shape index (κ3) is 3.90. The summed E-state index contributed by atoms with van der Waals surface area (Å²) in [7, 11) is 0. The van der Waals surface area contributed by atoms with Crippen LogP contribution in [0.25, 0.3) is 121 Å². The van der Waals surface area contributed by atoms with Crippen molar-refractivity contribution in [2.45, 2.75) is 0 Å². The van der Waals surface area contributed by atoms with E-state index in [0.717, 1.165) is 33.4 Å². The molecule has 0 aliphatic rings. The zero-order valence-electron chi connectivity index (χ0n) is 30.0. The van der Waals surface area contributed by atoms with Crippen LogP contribution in [0.5, 0.6) is 0 Å². The highest BCUT2D eigenvalue weighted by atomic mass is 15.1. The molecule has 0 fully saturated rings. The molecule has 0 aliphatic carbocycles. The molecular weight excluding hydrogens is 683 g/mol. The molecule has 0 unspecified atom stereocenters. The molecule has 0 saturated heterocycles. The summed E-state index contributed by atoms with van der Waals surface area (Å²) < 4.78 is 5.01. The van der Waals surface area contributed by atoms with Crippen molar-refractivity contribution in [1.82, 2.24) is 23.9 Å². The summed E-state index contributed by atoms with van der Waals surface area (Å²) in [5, 5.41) is 12.6. The lowest BCUT2D eigenvalue weighted by Crippen LogP contribution is -2.03. The summed E-state index contributed by atoms with van der Waals surface area (Å²) >= 11 is 0. The van der Waals surface area contributed by atoms with Gasteiger partial charge in [-0.15, -0.1) is 0 Å². The third-order valence-electron chi connectivity index (χ3n) is 11.8. The molecule has 5 heteroatoms. The predicted octanol–water partition coefficient (Wildman–Crippen LogP) is 12.9. The molecule has 0 atom stereocenters. The zero-order valence-corrected chi connectivity index (χ0v) is 30.0. The normalized spacial score (nSPS) is 12.3. The van der Waals surface area contributed by atoms with E-state index in [1.54, 1.807) is 0 Å². The molecule has 5 nitrogen and oxygen atoms in total. The van der Waals surface area contributed by atoms with E-state index in [1.807, 2.05) is 36.4 Å². The van der Waals surface area contributed by atoms with Gasteiger partial charge in [-0.25, -0.2) is 15.0 Å². The summed E-state index contributed by atoms with van der Waals surface area (Å²) in [6.07, 6.45) is 0. The van der Waals surface area contributed by atoms with E-state index in [2.05, 4.69) is 148 Å². The molecule has 0 aliphatic heterocycles. The first-order valence-corrected chi connectivity index (χ1v) is 19.0. The van der Waals surface area contributed by atoms with Crippen molar-refractivity contribution in [3.63, 3.8) is 0 Å². The first kappa shape index (κ1) is 29.8. The molecule has 4 heterocycles. The van der Waals surface area contributed by atoms with E-state index in [-0.39, 0.29) is 0 Å². The quantitative estimate of drug-likeness (QED) is 0.183. The van der Waals surface area contributed by atoms with Crippen LogP contribution < -0.4 is 0 Å². The fraction of sp³-hybridized carbons (Fsp3) is 0. The summed E-state index contributed by atoms with van der Waals surface area (Å²) in [5.74, 6) is 1.92. The number of nitrogens with zero attached hydrogens (tertiary/aromatic N) is 5. The van der Waals surface area contributed by atoms with Crippen molar-refractivity contribution < 1.29 is 0 Å². The summed E-state index contributed by atoms with van der Waals surface area (Å²) in [6, 6.07) is 62.9. The Hall–Kier alpha value is -7.63. The van der Waals surface area contributed by atoms with Crippen LogP contribution in [-0.2, 0) is 0 Å². The van der Waals surface area contributed by atoms with Gasteiger partial charge in [0.05, 0.1) is 33.3 Å². The minimum atomic E-state index is 0.632. The standard InChI is InChI=1S/C51H29N5/c1-3-13-33(14-4-1)49-52-50(34-15-5-2-6-16-34)54-51(53-49)38-19-9-10-20-39(38)55-41-28-24-31-17-11-21-40-43(31)45(41)46-42(55)29-25-32-23-27-37-36-26-22-30-12-7-8-18-35(30)47(36)56(40)48(37)44(32)46/h1-29H. The lowest BCUT2D eigenvalue weighted by atomic mass is 9.98. The fourth-order valence-electron chi connectivity index (χ4n) is 9.49. The van der Waals surface area contributed by atoms with Crippen molar-refractivity contribution in [3.8, 4) is 39.9 Å². The number of benzene rings is 9. The molecule has 4 aromatic heterocycles. The minimum Gasteiger partial charge on any atom is -0.308 e. The highest BCUT2D eigenvalue weighted by Crippen LogP contribution is 2.49. The van der Waals surface area contributed by atoms with Crippen LogP contribution in [-0.4, -0.2) is 23.9 Å². The van der Waals surface area contributed by atoms with Gasteiger partial charge in [-0.05, 0) is 46.5 Å². The molecule has 0 N–H and O–H groups in total. The molecule has 13 rings (SSSR count). The Morgan fingerprint density at radius 2 is 0.875 bits per heavy atom. The first-order valence-electron chi connectivity index (χ1n) is 19.0. The van der Waals surface area contributed by atoms with E-state index in [9.17, 15) is 0 Å². The lowest BCUT2D eigenvalue weighted by Gasteiger charge is -2.15. The smallest absolute Gasteiger partial charge is 0.166 e. The number of hydrogen-bond donors (Lipinski definition) is 0. The number of rotatable bonds is 4. The van der Waals surface area contributed by atoms with Crippen molar-refractivity contribution in [3.05, 3.63) is 176 Å². The van der Waals surface area contributed by atoms with Crippen molar-refractivity contribution in [2.24, 2.45) is 0 Å². The highest BCUT2D eigenvalue weighted by molar-refractivity contribution is 6.38. The van der Waals surface area contributed by atoms with E-state index < -0.39 is 0 Å². The molecule has 0 amide bonds. The van der Waals surface area contributed by atoms with Gasteiger partial charge in [-0.3, -0.25) is 0 Å². The molecule has 56 heavy (non-hydrogen) atoms. The monoisotopic (exact) mass is 711 g/mol. The van der Waals surface area contributed by atoms with Gasteiger partial charge in [0.1, 0.15) is 0 Å². The average molecular weight is 712 g/mol. The Balaban J connectivity index is 1.19. The van der Waals surface area contributed by atoms with E-state index in [0.29, 0.717) is 17.5 Å². The second-order valence-electron chi connectivity index (χ2n) is 14.8. The minimum absolute atomic E-state index is 0.632. The number of para-hydroxylation sites is 1. The molecule has 0 saturated carbocycles. The molecular formula is C51H29N5. The first-order chi connectivity index (χ1) is 27.8. The van der Waals surface area contributed by atoms with Crippen LogP contribution >= 0.6 is 0 Å². The van der Waals surface area contributed by atoms with Gasteiger partial charge in [-0.2, -0.15) is 0 Å². The number of fused-ring (bicyclic) bond motifs is 6. The topological polar surface area (TPSA) is 48.0 Å². The highest BCUT2D eigenvalue weighted by Gasteiger charge is 2.26. The van der Waals surface area contributed by atoms with Crippen LogP contribution in [0.1, 0.15) is 0 Å². The van der Waals surface area contributed by atoms with Gasteiger partial charge in [0.2, 0.25) is 0 Å². The van der Waals surface area contributed by atoms with E-state index in [4.69, 9.17) is 15.0 Å². The maximum Gasteiger partial charge on any atom is 0.166 e. The Morgan fingerprint density at radius 3 is 1.62 bits per heavy atom. The molecule has 0 bridgehead atoms.